The minimum absolute atomic E-state index is 0.0699. The van der Waals surface area contributed by atoms with Crippen LogP contribution < -0.4 is 10.6 Å². The fourth-order valence-corrected chi connectivity index (χ4v) is 4.01. The number of anilines is 1. The van der Waals surface area contributed by atoms with Crippen LogP contribution in [0.2, 0.25) is 0 Å². The van der Waals surface area contributed by atoms with Gasteiger partial charge in [-0.25, -0.2) is 14.4 Å². The summed E-state index contributed by atoms with van der Waals surface area (Å²) in [6, 6.07) is 16.0. The van der Waals surface area contributed by atoms with Crippen LogP contribution in [0.4, 0.5) is 10.2 Å². The van der Waals surface area contributed by atoms with Crippen LogP contribution in [0.15, 0.2) is 60.9 Å². The number of amides is 1. The van der Waals surface area contributed by atoms with Gasteiger partial charge in [-0.3, -0.25) is 4.79 Å². The lowest BCUT2D eigenvalue weighted by atomic mass is 10.1. The molecule has 1 fully saturated rings. The van der Waals surface area contributed by atoms with Crippen LogP contribution in [0.1, 0.15) is 28.8 Å². The first-order valence-corrected chi connectivity index (χ1v) is 11.2. The minimum atomic E-state index is -0.385. The molecule has 2 aromatic carbocycles. The molecule has 0 atom stereocenters. The SMILES string of the molecule is Cn1cnc2c(NC3CC3)nc3cc(-c4ccc(F)c(CNC(=O)c5ccccc5)c4)nn3c21. The highest BCUT2D eigenvalue weighted by atomic mass is 19.1. The van der Waals surface area contributed by atoms with Gasteiger partial charge < -0.3 is 15.2 Å². The molecule has 9 heteroatoms. The lowest BCUT2D eigenvalue weighted by Crippen LogP contribution is -2.23. The van der Waals surface area contributed by atoms with Gasteiger partial charge >= 0.3 is 0 Å². The van der Waals surface area contributed by atoms with Gasteiger partial charge in [0.05, 0.1) is 12.0 Å². The van der Waals surface area contributed by atoms with Gasteiger partial charge in [0.1, 0.15) is 5.82 Å². The lowest BCUT2D eigenvalue weighted by Gasteiger charge is -2.08. The largest absolute Gasteiger partial charge is 0.365 e. The van der Waals surface area contributed by atoms with Gasteiger partial charge in [0, 0.05) is 42.4 Å². The predicted molar refractivity (Wildman–Crippen MR) is 127 cm³/mol. The summed E-state index contributed by atoms with van der Waals surface area (Å²) in [6.45, 7) is 0.0699. The van der Waals surface area contributed by atoms with E-state index in [1.54, 1.807) is 47.2 Å². The van der Waals surface area contributed by atoms with Crippen molar-refractivity contribution in [1.82, 2.24) is 29.5 Å². The third-order valence-electron chi connectivity index (χ3n) is 5.98. The van der Waals surface area contributed by atoms with Crippen molar-refractivity contribution in [3.05, 3.63) is 77.9 Å². The zero-order valence-corrected chi connectivity index (χ0v) is 18.5. The van der Waals surface area contributed by atoms with Crippen molar-refractivity contribution in [2.75, 3.05) is 5.32 Å². The Labute approximate surface area is 194 Å². The van der Waals surface area contributed by atoms with Crippen LogP contribution in [0.3, 0.4) is 0 Å². The van der Waals surface area contributed by atoms with Crippen molar-refractivity contribution in [3.63, 3.8) is 0 Å². The molecule has 6 rings (SSSR count). The van der Waals surface area contributed by atoms with E-state index in [0.29, 0.717) is 28.5 Å². The van der Waals surface area contributed by atoms with Crippen LogP contribution in [0, 0.1) is 5.82 Å². The zero-order chi connectivity index (χ0) is 23.2. The van der Waals surface area contributed by atoms with E-state index in [2.05, 4.69) is 15.6 Å². The maximum absolute atomic E-state index is 14.5. The number of carbonyl (C=O) groups is 1. The average molecular weight is 455 g/mol. The topological polar surface area (TPSA) is 89.1 Å². The summed E-state index contributed by atoms with van der Waals surface area (Å²) in [5.74, 6) is 0.112. The van der Waals surface area contributed by atoms with E-state index in [1.807, 2.05) is 23.7 Å². The highest BCUT2D eigenvalue weighted by Crippen LogP contribution is 2.30. The van der Waals surface area contributed by atoms with Gasteiger partial charge in [-0.15, -0.1) is 0 Å². The second-order valence-corrected chi connectivity index (χ2v) is 8.56. The summed E-state index contributed by atoms with van der Waals surface area (Å²) in [5.41, 5.74) is 4.58. The maximum Gasteiger partial charge on any atom is 0.251 e. The number of nitrogens with one attached hydrogen (secondary N) is 2. The Bertz CT molecular complexity index is 1540. The first-order chi connectivity index (χ1) is 16.6. The number of benzene rings is 2. The van der Waals surface area contributed by atoms with E-state index in [9.17, 15) is 9.18 Å². The molecule has 0 bridgehead atoms. The third kappa shape index (κ3) is 3.64. The molecule has 170 valence electrons. The Morgan fingerprint density at radius 2 is 1.97 bits per heavy atom. The van der Waals surface area contributed by atoms with Crippen molar-refractivity contribution >= 4 is 28.5 Å². The summed E-state index contributed by atoms with van der Waals surface area (Å²) in [4.78, 5) is 21.6. The Hall–Kier alpha value is -4.27. The Kier molecular flexibility index (Phi) is 4.75. The second kappa shape index (κ2) is 7.95. The minimum Gasteiger partial charge on any atom is -0.365 e. The van der Waals surface area contributed by atoms with Gasteiger partial charge in [-0.2, -0.15) is 9.61 Å². The first-order valence-electron chi connectivity index (χ1n) is 11.2. The standard InChI is InChI=1S/C25H22FN7O/c1-32-14-28-22-23(29-18-8-9-18)30-21-12-20(31-33(21)25(22)32)16-7-10-19(26)17(11-16)13-27-24(34)15-5-3-2-4-6-15/h2-7,10-12,14,18H,8-9,13H2,1H3,(H,27,34)(H,29,30). The lowest BCUT2D eigenvalue weighted by molar-refractivity contribution is 0.0950. The number of hydrogen-bond acceptors (Lipinski definition) is 5. The van der Waals surface area contributed by atoms with E-state index < -0.39 is 0 Å². The number of nitrogens with zero attached hydrogens (tertiary/aromatic N) is 5. The number of carbonyl (C=O) groups excluding carboxylic acids is 1. The molecule has 3 aromatic heterocycles. The number of aryl methyl sites for hydroxylation is 1. The Morgan fingerprint density at radius 3 is 2.76 bits per heavy atom. The first kappa shape index (κ1) is 20.3. The number of aromatic nitrogens is 5. The molecular weight excluding hydrogens is 433 g/mol. The van der Waals surface area contributed by atoms with Crippen LogP contribution >= 0.6 is 0 Å². The molecule has 0 spiro atoms. The number of imidazole rings is 1. The molecule has 2 N–H and O–H groups in total. The second-order valence-electron chi connectivity index (χ2n) is 8.56. The van der Waals surface area contributed by atoms with Crippen LogP contribution in [0.5, 0.6) is 0 Å². The molecule has 1 aliphatic rings. The van der Waals surface area contributed by atoms with Gasteiger partial charge in [0.25, 0.3) is 5.91 Å². The molecule has 8 nitrogen and oxygen atoms in total. The smallest absolute Gasteiger partial charge is 0.251 e. The van der Waals surface area contributed by atoms with Gasteiger partial charge in [0.15, 0.2) is 22.6 Å². The van der Waals surface area contributed by atoms with E-state index in [-0.39, 0.29) is 18.3 Å². The van der Waals surface area contributed by atoms with E-state index in [1.165, 1.54) is 6.07 Å². The third-order valence-corrected chi connectivity index (χ3v) is 5.98. The Balaban J connectivity index is 1.34. The van der Waals surface area contributed by atoms with Crippen LogP contribution in [0.25, 0.3) is 28.1 Å². The van der Waals surface area contributed by atoms with Crippen molar-refractivity contribution in [2.24, 2.45) is 7.05 Å². The molecule has 1 saturated carbocycles. The normalized spacial score (nSPS) is 13.5. The highest BCUT2D eigenvalue weighted by molar-refractivity contribution is 5.94. The predicted octanol–water partition coefficient (Wildman–Crippen LogP) is 3.93. The summed E-state index contributed by atoms with van der Waals surface area (Å²) in [6.07, 6.45) is 4.01. The molecule has 3 heterocycles. The maximum atomic E-state index is 14.5. The van der Waals surface area contributed by atoms with Crippen molar-refractivity contribution < 1.29 is 9.18 Å². The molecule has 0 saturated heterocycles. The molecule has 5 aromatic rings. The van der Waals surface area contributed by atoms with E-state index >= 15 is 0 Å². The average Bonchev–Trinajstić information content (AvgIpc) is 3.43. The molecule has 1 aliphatic carbocycles. The van der Waals surface area contributed by atoms with Crippen LogP contribution in [-0.2, 0) is 13.6 Å². The molecule has 1 amide bonds. The summed E-state index contributed by atoms with van der Waals surface area (Å²) in [7, 11) is 1.92. The molecule has 34 heavy (non-hydrogen) atoms. The van der Waals surface area contributed by atoms with Crippen molar-refractivity contribution in [3.8, 4) is 11.3 Å². The highest BCUT2D eigenvalue weighted by Gasteiger charge is 2.24. The summed E-state index contributed by atoms with van der Waals surface area (Å²) >= 11 is 0. The zero-order valence-electron chi connectivity index (χ0n) is 18.5. The van der Waals surface area contributed by atoms with E-state index in [4.69, 9.17) is 10.1 Å². The van der Waals surface area contributed by atoms with Gasteiger partial charge in [-0.05, 0) is 43.2 Å². The van der Waals surface area contributed by atoms with Crippen molar-refractivity contribution in [1.29, 1.82) is 0 Å². The fraction of sp³-hybridized carbons (Fsp3) is 0.200. The van der Waals surface area contributed by atoms with Crippen molar-refractivity contribution in [2.45, 2.75) is 25.4 Å². The molecule has 0 unspecified atom stereocenters. The number of hydrogen-bond donors (Lipinski definition) is 2. The summed E-state index contributed by atoms with van der Waals surface area (Å²) in [5, 5.41) is 11.0. The summed E-state index contributed by atoms with van der Waals surface area (Å²) < 4.78 is 18.2. The van der Waals surface area contributed by atoms with Gasteiger partial charge in [-0.1, -0.05) is 18.2 Å². The monoisotopic (exact) mass is 455 g/mol. The van der Waals surface area contributed by atoms with Crippen LogP contribution in [-0.4, -0.2) is 36.1 Å². The number of fused-ring (bicyclic) bond motifs is 3. The molecule has 0 aliphatic heterocycles. The fourth-order valence-electron chi connectivity index (χ4n) is 4.01. The molecular formula is C25H22FN7O. The van der Waals surface area contributed by atoms with Gasteiger partial charge in [0.2, 0.25) is 0 Å². The quantitative estimate of drug-likeness (QED) is 0.405. The molecule has 0 radical (unpaired) electrons. The van der Waals surface area contributed by atoms with E-state index in [0.717, 1.165) is 35.4 Å². The Morgan fingerprint density at radius 1 is 1.15 bits per heavy atom. The number of halogens is 1. The number of rotatable bonds is 6.